The Labute approximate surface area is 251 Å². The van der Waals surface area contributed by atoms with Crippen LogP contribution in [0.4, 0.5) is 23.7 Å². The molecule has 1 aliphatic rings. The van der Waals surface area contributed by atoms with E-state index in [0.717, 1.165) is 42.7 Å². The largest absolute Gasteiger partial charge is 0.496 e. The van der Waals surface area contributed by atoms with Crippen LogP contribution in [0, 0.1) is 29.6 Å². The molecule has 0 spiro atoms. The molecule has 44 heavy (non-hydrogen) atoms. The Morgan fingerprint density at radius 2 is 1.61 bits per heavy atom. The van der Waals surface area contributed by atoms with Crippen molar-refractivity contribution in [2.75, 3.05) is 18.3 Å². The number of hydrogen-bond donors (Lipinski definition) is 0. The number of carbonyl (C=O) groups excluding carboxylic acids is 1. The number of nitriles is 2. The highest BCUT2D eigenvalue weighted by Gasteiger charge is 2.48. The Morgan fingerprint density at radius 3 is 2.16 bits per heavy atom. The van der Waals surface area contributed by atoms with Crippen LogP contribution in [0.5, 0.6) is 5.75 Å². The Bertz CT molecular complexity index is 2030. The number of hydrogen-bond acceptors (Lipinski definition) is 8. The first-order valence-corrected chi connectivity index (χ1v) is 15.9. The fourth-order valence-corrected chi connectivity index (χ4v) is 7.38. The fourth-order valence-electron chi connectivity index (χ4n) is 4.85. The number of anilines is 1. The molecule has 0 saturated carbocycles. The molecule has 3 aromatic carbocycles. The number of sulfonamides is 1. The third kappa shape index (κ3) is 5.59. The minimum absolute atomic E-state index is 0.0960. The van der Waals surface area contributed by atoms with Crippen molar-refractivity contribution < 1.29 is 39.5 Å². The molecule has 1 atom stereocenters. The fraction of sp³-hybridized carbons (Fsp3) is 0.207. The van der Waals surface area contributed by atoms with Gasteiger partial charge in [0.05, 0.1) is 51.4 Å². The summed E-state index contributed by atoms with van der Waals surface area (Å²) in [6, 6.07) is 10.9. The van der Waals surface area contributed by atoms with Crippen LogP contribution in [0.25, 0.3) is 0 Å². The summed E-state index contributed by atoms with van der Waals surface area (Å²) < 4.78 is 101. The van der Waals surface area contributed by atoms with Gasteiger partial charge in [-0.2, -0.15) is 23.7 Å². The first kappa shape index (κ1) is 32.1. The number of alkyl halides is 3. The van der Waals surface area contributed by atoms with E-state index in [1.165, 1.54) is 39.2 Å². The zero-order chi connectivity index (χ0) is 32.8. The number of carbonyl (C=O) groups is 1. The van der Waals surface area contributed by atoms with Gasteiger partial charge < -0.3 is 4.74 Å². The van der Waals surface area contributed by atoms with Crippen LogP contribution in [0.2, 0.25) is 0 Å². The third-order valence-corrected chi connectivity index (χ3v) is 9.81. The molecule has 228 valence electrons. The van der Waals surface area contributed by atoms with Gasteiger partial charge in [-0.1, -0.05) is 12.1 Å². The lowest BCUT2D eigenvalue weighted by Gasteiger charge is -2.41. The molecule has 4 rings (SSSR count). The van der Waals surface area contributed by atoms with Gasteiger partial charge in [-0.15, -0.1) is 0 Å². The number of rotatable bonds is 6. The number of halogens is 3. The molecule has 0 unspecified atom stereocenters. The molecule has 2 amide bonds. The van der Waals surface area contributed by atoms with E-state index in [2.05, 4.69) is 0 Å². The normalized spacial score (nSPS) is 16.0. The van der Waals surface area contributed by atoms with Crippen molar-refractivity contribution in [1.29, 1.82) is 10.5 Å². The molecule has 1 heterocycles. The van der Waals surface area contributed by atoms with Crippen molar-refractivity contribution >= 4 is 31.6 Å². The first-order chi connectivity index (χ1) is 20.5. The van der Waals surface area contributed by atoms with Gasteiger partial charge in [-0.25, -0.2) is 25.9 Å². The van der Waals surface area contributed by atoms with Crippen LogP contribution in [0.3, 0.4) is 0 Å². The topological polar surface area (TPSA) is 149 Å². The van der Waals surface area contributed by atoms with E-state index in [-0.39, 0.29) is 26.8 Å². The number of benzene rings is 3. The molecule has 0 saturated heterocycles. The van der Waals surface area contributed by atoms with Gasteiger partial charge in [0.25, 0.3) is 10.0 Å². The number of urea groups is 1. The highest BCUT2D eigenvalue weighted by molar-refractivity contribution is 7.91. The second-order valence-electron chi connectivity index (χ2n) is 9.75. The van der Waals surface area contributed by atoms with Crippen molar-refractivity contribution in [2.45, 2.75) is 35.9 Å². The maximum Gasteiger partial charge on any atom is 0.416 e. The van der Waals surface area contributed by atoms with Crippen LogP contribution < -0.4 is 9.64 Å². The molecule has 0 radical (unpaired) electrons. The van der Waals surface area contributed by atoms with Gasteiger partial charge >= 0.3 is 12.2 Å². The summed E-state index contributed by atoms with van der Waals surface area (Å²) in [6.07, 6.45) is -4.01. The van der Waals surface area contributed by atoms with Crippen molar-refractivity contribution in [2.24, 2.45) is 0 Å². The van der Waals surface area contributed by atoms with E-state index in [0.29, 0.717) is 22.3 Å². The van der Waals surface area contributed by atoms with Crippen LogP contribution >= 0.6 is 0 Å². The summed E-state index contributed by atoms with van der Waals surface area (Å²) in [4.78, 5) is 14.0. The van der Waals surface area contributed by atoms with Gasteiger partial charge in [-0.05, 0) is 73.5 Å². The number of allylic oxidation sites excluding steroid dienone is 1. The van der Waals surface area contributed by atoms with Crippen molar-refractivity contribution in [1.82, 2.24) is 4.31 Å². The standard InChI is InChI=1S/C29H23F3N4O6S2/c1-17-12-22(9-11-25(17)42-3)44(40,41)36-27(23-10-8-19(15-33)13-26(23)43(4,38)39)24(16-34)18(2)35(28(36)37)21-7-5-6-20(14-21)29(30,31)32/h5-14,27H,1-4H3/t27-/m1/s1. The minimum atomic E-state index is -4.96. The van der Waals surface area contributed by atoms with Gasteiger partial charge in [0.15, 0.2) is 9.84 Å². The SMILES string of the molecule is COc1ccc(S(=O)(=O)N2C(=O)N(c3cccc(C(F)(F)F)c3)C(C)=C(C#N)[C@H]2c2ccc(C#N)cc2S(C)(=O)=O)cc1C. The van der Waals surface area contributed by atoms with Gasteiger partial charge in [0.2, 0.25) is 0 Å². The van der Waals surface area contributed by atoms with Crippen molar-refractivity contribution in [3.8, 4) is 17.9 Å². The van der Waals surface area contributed by atoms with Gasteiger partial charge in [-0.3, -0.25) is 4.90 Å². The Hall–Kier alpha value is -4.86. The predicted molar refractivity (Wildman–Crippen MR) is 151 cm³/mol. The highest BCUT2D eigenvalue weighted by Crippen LogP contribution is 2.45. The molecule has 10 nitrogen and oxygen atoms in total. The average molecular weight is 645 g/mol. The van der Waals surface area contributed by atoms with Gasteiger partial charge in [0, 0.05) is 12.0 Å². The number of methoxy groups -OCH3 is 1. The number of aryl methyl sites for hydroxylation is 1. The van der Waals surface area contributed by atoms with E-state index >= 15 is 0 Å². The van der Waals surface area contributed by atoms with E-state index in [1.807, 2.05) is 6.07 Å². The summed E-state index contributed by atoms with van der Waals surface area (Å²) in [5, 5.41) is 19.7. The zero-order valence-corrected chi connectivity index (χ0v) is 25.2. The summed E-state index contributed by atoms with van der Waals surface area (Å²) >= 11 is 0. The molecule has 3 aromatic rings. The molecular weight excluding hydrogens is 621 g/mol. The van der Waals surface area contributed by atoms with Crippen molar-refractivity contribution in [3.63, 3.8) is 0 Å². The number of nitrogens with zero attached hydrogens (tertiary/aromatic N) is 4. The van der Waals surface area contributed by atoms with E-state index < -0.39 is 59.0 Å². The molecular formula is C29H23F3N4O6S2. The summed E-state index contributed by atoms with van der Waals surface area (Å²) in [5.74, 6) is 0.316. The summed E-state index contributed by atoms with van der Waals surface area (Å²) in [6.45, 7) is 2.77. The first-order valence-electron chi connectivity index (χ1n) is 12.5. The maximum atomic E-state index is 14.3. The zero-order valence-electron chi connectivity index (χ0n) is 23.5. The molecule has 0 aliphatic carbocycles. The second kappa shape index (κ2) is 11.3. The number of ether oxygens (including phenoxy) is 1. The van der Waals surface area contributed by atoms with Crippen LogP contribution in [0.1, 0.15) is 35.2 Å². The smallest absolute Gasteiger partial charge is 0.416 e. The Morgan fingerprint density at radius 1 is 0.932 bits per heavy atom. The third-order valence-electron chi connectivity index (χ3n) is 6.92. The quantitative estimate of drug-likeness (QED) is 0.343. The predicted octanol–water partition coefficient (Wildman–Crippen LogP) is 5.47. The monoisotopic (exact) mass is 644 g/mol. The average Bonchev–Trinajstić information content (AvgIpc) is 2.95. The molecule has 0 N–H and O–H groups in total. The van der Waals surface area contributed by atoms with Crippen molar-refractivity contribution in [3.05, 3.63) is 94.2 Å². The number of amides is 2. The minimum Gasteiger partial charge on any atom is -0.496 e. The summed E-state index contributed by atoms with van der Waals surface area (Å²) in [5.41, 5.74) is -2.25. The van der Waals surface area contributed by atoms with E-state index in [4.69, 9.17) is 4.74 Å². The lowest BCUT2D eigenvalue weighted by atomic mass is 9.94. The molecule has 0 fully saturated rings. The Balaban J connectivity index is 2.12. The summed E-state index contributed by atoms with van der Waals surface area (Å²) in [7, 11) is -7.79. The van der Waals surface area contributed by atoms with Crippen LogP contribution in [0.15, 0.2) is 81.7 Å². The molecule has 0 aromatic heterocycles. The van der Waals surface area contributed by atoms with E-state index in [9.17, 15) is 45.3 Å². The molecule has 0 bridgehead atoms. The maximum absolute atomic E-state index is 14.3. The lowest BCUT2D eigenvalue weighted by molar-refractivity contribution is -0.137. The highest BCUT2D eigenvalue weighted by atomic mass is 32.2. The van der Waals surface area contributed by atoms with E-state index in [1.54, 1.807) is 6.07 Å². The van der Waals surface area contributed by atoms with Crippen LogP contribution in [-0.2, 0) is 26.0 Å². The lowest BCUT2D eigenvalue weighted by Crippen LogP contribution is -2.52. The number of sulfone groups is 1. The second-order valence-corrected chi connectivity index (χ2v) is 13.5. The van der Waals surface area contributed by atoms with Gasteiger partial charge in [0.1, 0.15) is 11.8 Å². The molecule has 15 heteroatoms. The molecule has 1 aliphatic heterocycles. The van der Waals surface area contributed by atoms with Crippen LogP contribution in [-0.4, -0.2) is 40.5 Å². The Kier molecular flexibility index (Phi) is 8.26.